The lowest BCUT2D eigenvalue weighted by molar-refractivity contribution is -0.119. The summed E-state index contributed by atoms with van der Waals surface area (Å²) in [7, 11) is 0. The average molecular weight is 270 g/mol. The molecule has 2 bridgehead atoms. The molecule has 3 aliphatic rings. The number of Topliss-reactive ketones (excluding diaryl/α,β-unsaturated/α-hetero) is 1. The largest absolute Gasteiger partial charge is 0.365 e. The van der Waals surface area contributed by atoms with Gasteiger partial charge in [0.15, 0.2) is 5.78 Å². The predicted octanol–water partition coefficient (Wildman–Crippen LogP) is 2.86. The molecule has 4 rings (SSSR count). The van der Waals surface area contributed by atoms with Crippen LogP contribution in [0.5, 0.6) is 0 Å². The van der Waals surface area contributed by atoms with E-state index in [1.54, 1.807) is 11.8 Å². The van der Waals surface area contributed by atoms with Gasteiger partial charge in [-0.05, 0) is 12.1 Å². The Kier molecular flexibility index (Phi) is 2.64. The first-order valence-corrected chi connectivity index (χ1v) is 7.58. The van der Waals surface area contributed by atoms with Gasteiger partial charge in [-0.15, -0.1) is 11.8 Å². The first-order valence-electron chi connectivity index (χ1n) is 6.59. The molecular formula is C16H14O2S. The molecule has 3 heteroatoms. The Morgan fingerprint density at radius 2 is 1.89 bits per heavy atom. The van der Waals surface area contributed by atoms with Crippen LogP contribution in [0, 0.1) is 11.8 Å². The Morgan fingerprint density at radius 1 is 1.11 bits per heavy atom. The first-order chi connectivity index (χ1) is 9.33. The van der Waals surface area contributed by atoms with Crippen LogP contribution in [0.1, 0.15) is 0 Å². The lowest BCUT2D eigenvalue weighted by Crippen LogP contribution is -2.25. The third-order valence-corrected chi connectivity index (χ3v) is 5.16. The molecule has 1 saturated heterocycles. The smallest absolute Gasteiger partial charge is 0.166 e. The molecule has 0 saturated carbocycles. The number of fused-ring (bicyclic) bond motifs is 5. The molecule has 0 aromatic heterocycles. The zero-order chi connectivity index (χ0) is 12.8. The van der Waals surface area contributed by atoms with Gasteiger partial charge >= 0.3 is 0 Å². The zero-order valence-corrected chi connectivity index (χ0v) is 11.2. The highest BCUT2D eigenvalue weighted by molar-refractivity contribution is 7.99. The molecular weight excluding hydrogens is 256 g/mol. The number of hydrogen-bond donors (Lipinski definition) is 0. The van der Waals surface area contributed by atoms with Crippen molar-refractivity contribution in [2.75, 3.05) is 5.75 Å². The molecule has 0 spiro atoms. The van der Waals surface area contributed by atoms with Gasteiger partial charge in [0.1, 0.15) is 0 Å². The van der Waals surface area contributed by atoms with Crippen molar-refractivity contribution < 1.29 is 9.53 Å². The maximum atomic E-state index is 12.4. The topological polar surface area (TPSA) is 26.3 Å². The molecule has 4 atom stereocenters. The van der Waals surface area contributed by atoms with Crippen molar-refractivity contribution in [3.05, 3.63) is 54.1 Å². The first kappa shape index (κ1) is 11.5. The van der Waals surface area contributed by atoms with Crippen LogP contribution in [-0.2, 0) is 9.53 Å². The summed E-state index contributed by atoms with van der Waals surface area (Å²) in [6, 6.07) is 10.2. The van der Waals surface area contributed by atoms with Crippen LogP contribution in [0.4, 0.5) is 0 Å². The predicted molar refractivity (Wildman–Crippen MR) is 75.0 cm³/mol. The van der Waals surface area contributed by atoms with E-state index in [1.165, 1.54) is 4.90 Å². The van der Waals surface area contributed by atoms with Crippen LogP contribution >= 0.6 is 11.8 Å². The van der Waals surface area contributed by atoms with E-state index in [1.807, 2.05) is 24.3 Å². The summed E-state index contributed by atoms with van der Waals surface area (Å²) in [4.78, 5) is 13.6. The highest BCUT2D eigenvalue weighted by Gasteiger charge is 2.52. The molecule has 2 heterocycles. The van der Waals surface area contributed by atoms with Crippen molar-refractivity contribution in [1.29, 1.82) is 0 Å². The summed E-state index contributed by atoms with van der Waals surface area (Å²) in [5.74, 6) is 1.41. The maximum absolute atomic E-state index is 12.4. The summed E-state index contributed by atoms with van der Waals surface area (Å²) in [5.41, 5.74) is 0.978. The fraction of sp³-hybridized carbons (Fsp3) is 0.312. The minimum Gasteiger partial charge on any atom is -0.365 e. The molecule has 1 aromatic rings. The summed E-state index contributed by atoms with van der Waals surface area (Å²) < 4.78 is 5.74. The van der Waals surface area contributed by atoms with Crippen LogP contribution in [-0.4, -0.2) is 23.7 Å². The molecule has 1 aromatic carbocycles. The van der Waals surface area contributed by atoms with E-state index in [9.17, 15) is 4.79 Å². The molecule has 0 radical (unpaired) electrons. The maximum Gasteiger partial charge on any atom is 0.166 e. The minimum atomic E-state index is 0.0259. The molecule has 1 aliphatic carbocycles. The Morgan fingerprint density at radius 3 is 2.68 bits per heavy atom. The van der Waals surface area contributed by atoms with Gasteiger partial charge in [0.05, 0.1) is 18.1 Å². The summed E-state index contributed by atoms with van der Waals surface area (Å²) in [6.45, 7) is 0. The summed E-state index contributed by atoms with van der Waals surface area (Å²) in [6.07, 6.45) is 6.46. The van der Waals surface area contributed by atoms with E-state index >= 15 is 0 Å². The molecule has 19 heavy (non-hydrogen) atoms. The number of benzene rings is 1. The normalized spacial score (nSPS) is 34.7. The van der Waals surface area contributed by atoms with E-state index in [0.29, 0.717) is 5.78 Å². The number of hydrogen-bond acceptors (Lipinski definition) is 3. The minimum absolute atomic E-state index is 0.0259. The molecule has 96 valence electrons. The van der Waals surface area contributed by atoms with Crippen molar-refractivity contribution in [3.8, 4) is 0 Å². The Balaban J connectivity index is 1.49. The second-order valence-corrected chi connectivity index (χ2v) is 6.26. The van der Waals surface area contributed by atoms with Crippen molar-refractivity contribution in [2.45, 2.75) is 17.1 Å². The van der Waals surface area contributed by atoms with E-state index in [0.717, 1.165) is 11.3 Å². The SMILES string of the molecule is O=C1C(CSc2ccccc2)=CC2C3C=CC(O3)C12. The highest BCUT2D eigenvalue weighted by atomic mass is 32.2. The molecule has 4 unspecified atom stereocenters. The standard InChI is InChI=1S/C16H14O2S/c17-16-10(9-19-11-4-2-1-3-5-11)8-12-13-6-7-14(18-13)15(12)16/h1-8,12-15H,9H2. The van der Waals surface area contributed by atoms with Gasteiger partial charge in [-0.25, -0.2) is 0 Å². The van der Waals surface area contributed by atoms with Gasteiger partial charge in [0, 0.05) is 22.1 Å². The summed E-state index contributed by atoms with van der Waals surface area (Å²) in [5, 5.41) is 0. The fourth-order valence-electron chi connectivity index (χ4n) is 3.19. The second kappa shape index (κ2) is 4.36. The van der Waals surface area contributed by atoms with Gasteiger partial charge in [-0.3, -0.25) is 4.79 Å². The highest BCUT2D eigenvalue weighted by Crippen LogP contribution is 2.46. The lowest BCUT2D eigenvalue weighted by atomic mass is 9.85. The number of carbonyl (C=O) groups excluding carboxylic acids is 1. The van der Waals surface area contributed by atoms with Crippen LogP contribution in [0.2, 0.25) is 0 Å². The lowest BCUT2D eigenvalue weighted by Gasteiger charge is -2.14. The van der Waals surface area contributed by atoms with E-state index in [4.69, 9.17) is 4.74 Å². The van der Waals surface area contributed by atoms with Gasteiger partial charge in [0.25, 0.3) is 0 Å². The van der Waals surface area contributed by atoms with Crippen LogP contribution in [0.25, 0.3) is 0 Å². The van der Waals surface area contributed by atoms with Gasteiger partial charge < -0.3 is 4.74 Å². The Bertz CT molecular complexity index is 576. The van der Waals surface area contributed by atoms with Gasteiger partial charge in [-0.1, -0.05) is 36.4 Å². The average Bonchev–Trinajstić information content (AvgIpc) is 3.11. The van der Waals surface area contributed by atoms with E-state index < -0.39 is 0 Å². The molecule has 0 N–H and O–H groups in total. The molecule has 2 aliphatic heterocycles. The number of ketones is 1. The van der Waals surface area contributed by atoms with Gasteiger partial charge in [-0.2, -0.15) is 0 Å². The third-order valence-electron chi connectivity index (χ3n) is 4.10. The fourth-order valence-corrected chi connectivity index (χ4v) is 4.10. The van der Waals surface area contributed by atoms with E-state index in [-0.39, 0.29) is 24.0 Å². The second-order valence-electron chi connectivity index (χ2n) is 5.21. The molecule has 0 amide bonds. The van der Waals surface area contributed by atoms with Gasteiger partial charge in [0.2, 0.25) is 0 Å². The number of rotatable bonds is 3. The zero-order valence-electron chi connectivity index (χ0n) is 10.4. The Labute approximate surface area is 116 Å². The molecule has 2 nitrogen and oxygen atoms in total. The van der Waals surface area contributed by atoms with Crippen LogP contribution < -0.4 is 0 Å². The van der Waals surface area contributed by atoms with Crippen molar-refractivity contribution in [3.63, 3.8) is 0 Å². The Hall–Kier alpha value is -1.32. The quantitative estimate of drug-likeness (QED) is 0.624. The van der Waals surface area contributed by atoms with Crippen molar-refractivity contribution >= 4 is 17.5 Å². The van der Waals surface area contributed by atoms with Crippen LogP contribution in [0.15, 0.2) is 59.0 Å². The van der Waals surface area contributed by atoms with Crippen molar-refractivity contribution in [2.24, 2.45) is 11.8 Å². The molecule has 1 fully saturated rings. The monoisotopic (exact) mass is 270 g/mol. The van der Waals surface area contributed by atoms with E-state index in [2.05, 4.69) is 24.3 Å². The van der Waals surface area contributed by atoms with Crippen molar-refractivity contribution in [1.82, 2.24) is 0 Å². The number of thioether (sulfide) groups is 1. The summed E-state index contributed by atoms with van der Waals surface area (Å²) >= 11 is 1.73. The number of ether oxygens (including phenoxy) is 1. The van der Waals surface area contributed by atoms with Crippen LogP contribution in [0.3, 0.4) is 0 Å². The third kappa shape index (κ3) is 1.80. The number of carbonyl (C=O) groups is 1.